The van der Waals surface area contributed by atoms with Crippen molar-refractivity contribution in [1.82, 2.24) is 5.32 Å². The third-order valence-electron chi connectivity index (χ3n) is 2.30. The van der Waals surface area contributed by atoms with E-state index >= 15 is 0 Å². The van der Waals surface area contributed by atoms with Crippen LogP contribution in [0.1, 0.15) is 17.2 Å². The highest BCUT2D eigenvalue weighted by Gasteiger charge is 2.19. The summed E-state index contributed by atoms with van der Waals surface area (Å²) in [6.45, 7) is 2.07. The van der Waals surface area contributed by atoms with Gasteiger partial charge in [-0.1, -0.05) is 29.8 Å². The summed E-state index contributed by atoms with van der Waals surface area (Å²) in [6.07, 6.45) is 0. The second kappa shape index (κ2) is 4.05. The van der Waals surface area contributed by atoms with E-state index in [1.807, 2.05) is 6.07 Å². The highest BCUT2D eigenvalue weighted by molar-refractivity contribution is 8.00. The third kappa shape index (κ3) is 2.10. The largest absolute Gasteiger partial charge is 0.348 e. The molecule has 2 nitrogen and oxygen atoms in total. The molecule has 1 unspecified atom stereocenters. The van der Waals surface area contributed by atoms with Crippen LogP contribution in [0.15, 0.2) is 24.3 Å². The zero-order chi connectivity index (χ0) is 9.97. The number of benzene rings is 1. The molecule has 0 bridgehead atoms. The lowest BCUT2D eigenvalue weighted by molar-refractivity contribution is -0.119. The Morgan fingerprint density at radius 2 is 2.36 bits per heavy atom. The molecule has 74 valence electrons. The molecule has 1 N–H and O–H groups in total. The quantitative estimate of drug-likeness (QED) is 0.762. The number of hydrogen-bond donors (Lipinski definition) is 1. The van der Waals surface area contributed by atoms with Crippen LogP contribution in [0.2, 0.25) is 0 Å². The molecule has 1 aromatic rings. The molecule has 0 aromatic heterocycles. The first kappa shape index (κ1) is 9.59. The van der Waals surface area contributed by atoms with Crippen LogP contribution in [0.25, 0.3) is 0 Å². The molecule has 1 aliphatic heterocycles. The maximum Gasteiger partial charge on any atom is 0.230 e. The molecular formula is C11H13NOS. The SMILES string of the molecule is Cc1cccc(C2CSCC(=O)N2)c1. The zero-order valence-corrected chi connectivity index (χ0v) is 8.93. The van der Waals surface area contributed by atoms with Crippen molar-refractivity contribution in [2.24, 2.45) is 0 Å². The van der Waals surface area contributed by atoms with Crippen molar-refractivity contribution in [3.05, 3.63) is 35.4 Å². The summed E-state index contributed by atoms with van der Waals surface area (Å²) < 4.78 is 0. The summed E-state index contributed by atoms with van der Waals surface area (Å²) in [5, 5.41) is 3.00. The first-order chi connectivity index (χ1) is 6.75. The maximum absolute atomic E-state index is 11.2. The van der Waals surface area contributed by atoms with E-state index in [1.165, 1.54) is 11.1 Å². The minimum Gasteiger partial charge on any atom is -0.348 e. The molecule has 1 fully saturated rings. The van der Waals surface area contributed by atoms with Crippen LogP contribution >= 0.6 is 11.8 Å². The molecule has 0 aliphatic carbocycles. The first-order valence-corrected chi connectivity index (χ1v) is 5.85. The standard InChI is InChI=1S/C11H13NOS/c1-8-3-2-4-9(5-8)10-6-14-7-11(13)12-10/h2-5,10H,6-7H2,1H3,(H,12,13). The Labute approximate surface area is 88.1 Å². The lowest BCUT2D eigenvalue weighted by Gasteiger charge is -2.23. The smallest absolute Gasteiger partial charge is 0.230 e. The number of carbonyl (C=O) groups is 1. The highest BCUT2D eigenvalue weighted by Crippen LogP contribution is 2.22. The van der Waals surface area contributed by atoms with Gasteiger partial charge in [-0.25, -0.2) is 0 Å². The summed E-state index contributed by atoms with van der Waals surface area (Å²) in [5.74, 6) is 1.73. The molecule has 14 heavy (non-hydrogen) atoms. The predicted molar refractivity (Wildman–Crippen MR) is 59.4 cm³/mol. The van der Waals surface area contributed by atoms with Gasteiger partial charge in [-0.05, 0) is 12.5 Å². The second-order valence-electron chi connectivity index (χ2n) is 3.55. The highest BCUT2D eigenvalue weighted by atomic mass is 32.2. The Bertz CT molecular complexity index is 351. The molecule has 1 heterocycles. The number of rotatable bonds is 1. The van der Waals surface area contributed by atoms with Crippen LogP contribution in [0, 0.1) is 6.92 Å². The number of aryl methyl sites for hydroxylation is 1. The van der Waals surface area contributed by atoms with Crippen LogP contribution in [-0.2, 0) is 4.79 Å². The lowest BCUT2D eigenvalue weighted by atomic mass is 10.1. The Morgan fingerprint density at radius 3 is 3.07 bits per heavy atom. The fourth-order valence-corrected chi connectivity index (χ4v) is 2.51. The minimum absolute atomic E-state index is 0.146. The number of hydrogen-bond acceptors (Lipinski definition) is 2. The van der Waals surface area contributed by atoms with Gasteiger partial charge in [0.05, 0.1) is 11.8 Å². The van der Waals surface area contributed by atoms with Crippen LogP contribution < -0.4 is 5.32 Å². The monoisotopic (exact) mass is 207 g/mol. The molecule has 3 heteroatoms. The first-order valence-electron chi connectivity index (χ1n) is 4.69. The van der Waals surface area contributed by atoms with Crippen molar-refractivity contribution in [2.45, 2.75) is 13.0 Å². The number of carbonyl (C=O) groups excluding carboxylic acids is 1. The van der Waals surface area contributed by atoms with E-state index in [0.717, 1.165) is 5.75 Å². The Morgan fingerprint density at radius 1 is 1.50 bits per heavy atom. The normalized spacial score (nSPS) is 21.8. The summed E-state index contributed by atoms with van der Waals surface area (Å²) in [4.78, 5) is 11.2. The van der Waals surface area contributed by atoms with Gasteiger partial charge in [0.2, 0.25) is 5.91 Å². The van der Waals surface area contributed by atoms with Crippen molar-refractivity contribution < 1.29 is 4.79 Å². The van der Waals surface area contributed by atoms with E-state index in [0.29, 0.717) is 5.75 Å². The topological polar surface area (TPSA) is 29.1 Å². The fraction of sp³-hybridized carbons (Fsp3) is 0.364. The van der Waals surface area contributed by atoms with E-state index in [4.69, 9.17) is 0 Å². The Balaban J connectivity index is 2.17. The molecule has 2 rings (SSSR count). The third-order valence-corrected chi connectivity index (χ3v) is 3.33. The minimum atomic E-state index is 0.146. The summed E-state index contributed by atoms with van der Waals surface area (Å²) in [7, 11) is 0. The van der Waals surface area contributed by atoms with Crippen molar-refractivity contribution in [3.63, 3.8) is 0 Å². The predicted octanol–water partition coefficient (Wildman–Crippen LogP) is 1.90. The van der Waals surface area contributed by atoms with E-state index in [9.17, 15) is 4.79 Å². The average molecular weight is 207 g/mol. The maximum atomic E-state index is 11.2. The van der Waals surface area contributed by atoms with Crippen molar-refractivity contribution in [1.29, 1.82) is 0 Å². The van der Waals surface area contributed by atoms with Crippen LogP contribution in [0.3, 0.4) is 0 Å². The second-order valence-corrected chi connectivity index (χ2v) is 4.58. The van der Waals surface area contributed by atoms with Gasteiger partial charge in [0.25, 0.3) is 0 Å². The van der Waals surface area contributed by atoms with E-state index in [-0.39, 0.29) is 11.9 Å². The summed E-state index contributed by atoms with van der Waals surface area (Å²) >= 11 is 1.70. The van der Waals surface area contributed by atoms with Crippen LogP contribution in [0.5, 0.6) is 0 Å². The van der Waals surface area contributed by atoms with Crippen molar-refractivity contribution in [2.75, 3.05) is 11.5 Å². The molecule has 0 spiro atoms. The molecule has 1 amide bonds. The average Bonchev–Trinajstić information content (AvgIpc) is 2.18. The van der Waals surface area contributed by atoms with Crippen LogP contribution in [-0.4, -0.2) is 17.4 Å². The number of amides is 1. The van der Waals surface area contributed by atoms with Gasteiger partial charge in [-0.15, -0.1) is 11.8 Å². The van der Waals surface area contributed by atoms with Crippen molar-refractivity contribution in [3.8, 4) is 0 Å². The molecule has 1 aromatic carbocycles. The van der Waals surface area contributed by atoms with E-state index < -0.39 is 0 Å². The Kier molecular flexibility index (Phi) is 2.77. The molecule has 0 saturated carbocycles. The molecule has 1 aliphatic rings. The van der Waals surface area contributed by atoms with Gasteiger partial charge in [0.1, 0.15) is 0 Å². The van der Waals surface area contributed by atoms with Gasteiger partial charge in [0.15, 0.2) is 0 Å². The molecule has 1 atom stereocenters. The molecule has 0 radical (unpaired) electrons. The van der Waals surface area contributed by atoms with E-state index in [1.54, 1.807) is 11.8 Å². The molecular weight excluding hydrogens is 194 g/mol. The summed E-state index contributed by atoms with van der Waals surface area (Å²) in [6, 6.07) is 8.51. The van der Waals surface area contributed by atoms with Gasteiger partial charge in [-0.2, -0.15) is 0 Å². The van der Waals surface area contributed by atoms with Gasteiger partial charge < -0.3 is 5.32 Å². The van der Waals surface area contributed by atoms with Crippen LogP contribution in [0.4, 0.5) is 0 Å². The summed E-state index contributed by atoms with van der Waals surface area (Å²) in [5.41, 5.74) is 2.46. The lowest BCUT2D eigenvalue weighted by Crippen LogP contribution is -2.35. The molecule has 1 saturated heterocycles. The Hall–Kier alpha value is -0.960. The fourth-order valence-electron chi connectivity index (χ4n) is 1.61. The van der Waals surface area contributed by atoms with E-state index in [2.05, 4.69) is 30.4 Å². The van der Waals surface area contributed by atoms with Gasteiger partial charge in [-0.3, -0.25) is 4.79 Å². The zero-order valence-electron chi connectivity index (χ0n) is 8.12. The number of thioether (sulfide) groups is 1. The van der Waals surface area contributed by atoms with Crippen molar-refractivity contribution >= 4 is 17.7 Å². The number of nitrogens with one attached hydrogen (secondary N) is 1. The van der Waals surface area contributed by atoms with Gasteiger partial charge >= 0.3 is 0 Å². The van der Waals surface area contributed by atoms with Gasteiger partial charge in [0, 0.05) is 5.75 Å².